The predicted molar refractivity (Wildman–Crippen MR) is 153 cm³/mol. The van der Waals surface area contributed by atoms with Crippen molar-refractivity contribution in [2.75, 3.05) is 31.1 Å². The molecule has 2 atom stereocenters. The molecule has 2 aliphatic heterocycles. The van der Waals surface area contributed by atoms with Crippen molar-refractivity contribution in [3.8, 4) is 0 Å². The summed E-state index contributed by atoms with van der Waals surface area (Å²) in [7, 11) is -2.16. The maximum absolute atomic E-state index is 13.5. The number of nitrogens with zero attached hydrogens (tertiary/aromatic N) is 4. The lowest BCUT2D eigenvalue weighted by Gasteiger charge is -2.45. The average Bonchev–Trinajstić information content (AvgIpc) is 3.18. The highest BCUT2D eigenvalue weighted by molar-refractivity contribution is 14.1. The van der Waals surface area contributed by atoms with Gasteiger partial charge in [-0.3, -0.25) is 9.10 Å². The van der Waals surface area contributed by atoms with E-state index < -0.39 is 10.2 Å². The second-order valence-electron chi connectivity index (χ2n) is 11.7. The van der Waals surface area contributed by atoms with Crippen LogP contribution in [0.25, 0.3) is 11.0 Å². The molecule has 1 aromatic carbocycles. The minimum Gasteiger partial charge on any atom is -0.381 e. The number of anilines is 1. The van der Waals surface area contributed by atoms with Crippen molar-refractivity contribution in [2.45, 2.75) is 74.9 Å². The molecule has 2 aromatic rings. The summed E-state index contributed by atoms with van der Waals surface area (Å²) < 4.78 is 37.3. The molecule has 2 unspecified atom stereocenters. The van der Waals surface area contributed by atoms with Gasteiger partial charge in [0.2, 0.25) is 5.91 Å². The van der Waals surface area contributed by atoms with E-state index in [9.17, 15) is 13.2 Å². The van der Waals surface area contributed by atoms with Crippen LogP contribution in [-0.2, 0) is 31.7 Å². The Morgan fingerprint density at radius 3 is 2.51 bits per heavy atom. The number of imidazole rings is 1. The second kappa shape index (κ2) is 10.3. The normalized spacial score (nSPS) is 24.0. The Balaban J connectivity index is 1.35. The zero-order valence-corrected chi connectivity index (χ0v) is 25.1. The number of hydrogen-bond donors (Lipinski definition) is 1. The minimum absolute atomic E-state index is 0.0553. The van der Waals surface area contributed by atoms with E-state index in [0.717, 1.165) is 68.7 Å². The molecule has 37 heavy (non-hydrogen) atoms. The molecule has 1 amide bonds. The Bertz CT molecular complexity index is 1260. The van der Waals surface area contributed by atoms with Crippen LogP contribution in [0.5, 0.6) is 0 Å². The van der Waals surface area contributed by atoms with E-state index in [1.807, 2.05) is 18.2 Å². The monoisotopic (exact) mass is 643 g/mol. The molecule has 2 saturated heterocycles. The SMILES string of the molecule is CN(c1ccc2c(c1)nc(C(C)(C)C)n2CC1CCOCC1)S(=O)(=O)N1CC(NC(=O)C2CCC2)C1I. The summed E-state index contributed by atoms with van der Waals surface area (Å²) in [6.45, 7) is 9.26. The standard InChI is InChI=1S/C26H38IN5O4S/c1-26(2,3)25-29-20-14-19(8-9-22(20)31(25)15-17-10-12-36-13-11-17)30(4)37(34,35)32-16-21(23(32)27)28-24(33)18-6-5-7-18/h8-9,14,17-18,21,23H,5-7,10-13,15-16H2,1-4H3,(H,28,33). The zero-order chi connectivity index (χ0) is 26.5. The number of halogens is 1. The quantitative estimate of drug-likeness (QED) is 0.282. The van der Waals surface area contributed by atoms with Crippen LogP contribution in [0.4, 0.5) is 5.69 Å². The molecule has 1 saturated carbocycles. The maximum atomic E-state index is 13.5. The van der Waals surface area contributed by atoms with Crippen molar-refractivity contribution in [2.24, 2.45) is 11.8 Å². The van der Waals surface area contributed by atoms with E-state index in [2.05, 4.69) is 53.2 Å². The van der Waals surface area contributed by atoms with Crippen LogP contribution in [0.3, 0.4) is 0 Å². The molecule has 9 nitrogen and oxygen atoms in total. The van der Waals surface area contributed by atoms with E-state index in [-0.39, 0.29) is 33.9 Å². The summed E-state index contributed by atoms with van der Waals surface area (Å²) in [6.07, 6.45) is 5.03. The first-order chi connectivity index (χ1) is 17.5. The molecule has 204 valence electrons. The third-order valence-electron chi connectivity index (χ3n) is 7.98. The molecule has 0 radical (unpaired) electrons. The second-order valence-corrected chi connectivity index (χ2v) is 14.9. The van der Waals surface area contributed by atoms with Crippen LogP contribution in [0, 0.1) is 11.8 Å². The van der Waals surface area contributed by atoms with Crippen LogP contribution in [0.2, 0.25) is 0 Å². The Labute approximate surface area is 233 Å². The van der Waals surface area contributed by atoms with Crippen molar-refractivity contribution < 1.29 is 17.9 Å². The third kappa shape index (κ3) is 5.25. The highest BCUT2D eigenvalue weighted by Crippen LogP contribution is 2.35. The molecule has 3 aliphatic rings. The first-order valence-corrected chi connectivity index (χ1v) is 15.9. The maximum Gasteiger partial charge on any atom is 0.304 e. The average molecular weight is 644 g/mol. The van der Waals surface area contributed by atoms with Gasteiger partial charge in [0.05, 0.1) is 26.8 Å². The third-order valence-corrected chi connectivity index (χ3v) is 11.8. The summed E-state index contributed by atoms with van der Waals surface area (Å²) in [5, 5.41) is 3.04. The van der Waals surface area contributed by atoms with Gasteiger partial charge in [-0.25, -0.2) is 4.98 Å². The summed E-state index contributed by atoms with van der Waals surface area (Å²) in [4.78, 5) is 17.3. The Morgan fingerprint density at radius 1 is 1.22 bits per heavy atom. The number of nitrogens with one attached hydrogen (secondary N) is 1. The van der Waals surface area contributed by atoms with Crippen molar-refractivity contribution in [3.63, 3.8) is 0 Å². The number of benzene rings is 1. The number of ether oxygens (including phenoxy) is 1. The van der Waals surface area contributed by atoms with E-state index in [0.29, 0.717) is 11.6 Å². The largest absolute Gasteiger partial charge is 0.381 e. The summed E-state index contributed by atoms with van der Waals surface area (Å²) in [5.74, 6) is 1.70. The molecular formula is C26H38IN5O4S. The van der Waals surface area contributed by atoms with Crippen LogP contribution >= 0.6 is 22.6 Å². The smallest absolute Gasteiger partial charge is 0.304 e. The van der Waals surface area contributed by atoms with Gasteiger partial charge in [-0.05, 0) is 49.8 Å². The van der Waals surface area contributed by atoms with Crippen LogP contribution in [0.15, 0.2) is 18.2 Å². The Morgan fingerprint density at radius 2 is 1.92 bits per heavy atom. The lowest BCUT2D eigenvalue weighted by molar-refractivity contribution is -0.129. The topological polar surface area (TPSA) is 96.8 Å². The van der Waals surface area contributed by atoms with Gasteiger partial charge < -0.3 is 14.6 Å². The van der Waals surface area contributed by atoms with Crippen LogP contribution in [-0.4, -0.2) is 65.1 Å². The number of rotatable bonds is 7. The number of hydrogen-bond acceptors (Lipinski definition) is 5. The van der Waals surface area contributed by atoms with E-state index in [1.54, 1.807) is 7.05 Å². The Hall–Kier alpha value is -1.44. The summed E-state index contributed by atoms with van der Waals surface area (Å²) in [5.41, 5.74) is 2.26. The highest BCUT2D eigenvalue weighted by atomic mass is 127. The summed E-state index contributed by atoms with van der Waals surface area (Å²) >= 11 is 2.12. The highest BCUT2D eigenvalue weighted by Gasteiger charge is 2.47. The van der Waals surface area contributed by atoms with Gasteiger partial charge >= 0.3 is 10.2 Å². The van der Waals surface area contributed by atoms with Crippen LogP contribution < -0.4 is 9.62 Å². The van der Waals surface area contributed by atoms with Crippen molar-refractivity contribution in [3.05, 3.63) is 24.0 Å². The van der Waals surface area contributed by atoms with Crippen molar-refractivity contribution in [1.29, 1.82) is 0 Å². The molecule has 11 heteroatoms. The fourth-order valence-corrected chi connectivity index (χ4v) is 8.24. The van der Waals surface area contributed by atoms with Gasteiger partial charge in [-0.2, -0.15) is 12.7 Å². The molecule has 1 N–H and O–H groups in total. The first kappa shape index (κ1) is 27.1. The minimum atomic E-state index is -3.75. The van der Waals surface area contributed by atoms with Gasteiger partial charge in [0.1, 0.15) is 5.82 Å². The number of carbonyl (C=O) groups is 1. The van der Waals surface area contributed by atoms with E-state index in [4.69, 9.17) is 9.72 Å². The zero-order valence-electron chi connectivity index (χ0n) is 22.1. The molecule has 3 fully saturated rings. The van der Waals surface area contributed by atoms with Gasteiger partial charge in [-0.15, -0.1) is 0 Å². The number of fused-ring (bicyclic) bond motifs is 1. The molecular weight excluding hydrogens is 605 g/mol. The summed E-state index contributed by atoms with van der Waals surface area (Å²) in [6, 6.07) is 5.58. The van der Waals surface area contributed by atoms with Crippen molar-refractivity contribution >= 4 is 55.4 Å². The predicted octanol–water partition coefficient (Wildman–Crippen LogP) is 3.80. The van der Waals surface area contributed by atoms with Gasteiger partial charge in [0.15, 0.2) is 0 Å². The van der Waals surface area contributed by atoms with Crippen molar-refractivity contribution in [1.82, 2.24) is 19.2 Å². The molecule has 1 aromatic heterocycles. The van der Waals surface area contributed by atoms with Gasteiger partial charge in [0, 0.05) is 44.7 Å². The van der Waals surface area contributed by atoms with Gasteiger partial charge in [-0.1, -0.05) is 49.8 Å². The first-order valence-electron chi connectivity index (χ1n) is 13.3. The lowest BCUT2D eigenvalue weighted by Crippen LogP contribution is -2.67. The Kier molecular flexibility index (Phi) is 7.53. The van der Waals surface area contributed by atoms with E-state index >= 15 is 0 Å². The van der Waals surface area contributed by atoms with E-state index in [1.165, 1.54) is 8.61 Å². The van der Waals surface area contributed by atoms with Crippen LogP contribution in [0.1, 0.15) is 58.7 Å². The number of carbonyl (C=O) groups excluding carboxylic acids is 1. The number of amides is 1. The molecule has 0 bridgehead atoms. The fourth-order valence-electron chi connectivity index (χ4n) is 5.30. The number of aromatic nitrogens is 2. The molecule has 5 rings (SSSR count). The lowest BCUT2D eigenvalue weighted by atomic mass is 9.84. The number of alkyl halides is 1. The fraction of sp³-hybridized carbons (Fsp3) is 0.692. The molecule has 3 heterocycles. The van der Waals surface area contributed by atoms with Gasteiger partial charge in [0.25, 0.3) is 0 Å². The molecule has 0 spiro atoms. The molecule has 1 aliphatic carbocycles.